The Balaban J connectivity index is 4.17. The van der Waals surface area contributed by atoms with E-state index in [1.807, 2.05) is 6.92 Å². The van der Waals surface area contributed by atoms with E-state index in [9.17, 15) is 14.4 Å². The van der Waals surface area contributed by atoms with Gasteiger partial charge in [-0.2, -0.15) is 0 Å². The summed E-state index contributed by atoms with van der Waals surface area (Å²) in [7, 11) is 3.19. The van der Waals surface area contributed by atoms with Crippen LogP contribution < -0.4 is 10.6 Å². The summed E-state index contributed by atoms with van der Waals surface area (Å²) in [6.45, 7) is 3.51. The summed E-state index contributed by atoms with van der Waals surface area (Å²) in [6.07, 6.45) is 1.23. The molecule has 0 aromatic heterocycles. The summed E-state index contributed by atoms with van der Waals surface area (Å²) in [4.78, 5) is 35.3. The molecule has 110 valence electrons. The van der Waals surface area contributed by atoms with Crippen LogP contribution in [0.25, 0.3) is 0 Å². The van der Waals surface area contributed by atoms with E-state index in [0.29, 0.717) is 6.42 Å². The average molecular weight is 273 g/mol. The SMILES string of the molecule is CCCC(CNC(=O)NC(C)C(=O)N(C)C)C(=O)O. The van der Waals surface area contributed by atoms with Gasteiger partial charge >= 0.3 is 12.0 Å². The third-order valence-electron chi connectivity index (χ3n) is 2.65. The molecule has 3 amide bonds. The number of carboxylic acids is 1. The lowest BCUT2D eigenvalue weighted by molar-refractivity contribution is -0.141. The molecule has 0 aliphatic rings. The van der Waals surface area contributed by atoms with E-state index in [1.165, 1.54) is 4.90 Å². The highest BCUT2D eigenvalue weighted by atomic mass is 16.4. The molecule has 0 aliphatic carbocycles. The number of aliphatic carboxylic acids is 1. The maximum atomic E-state index is 11.5. The van der Waals surface area contributed by atoms with Gasteiger partial charge in [0.05, 0.1) is 5.92 Å². The largest absolute Gasteiger partial charge is 0.481 e. The highest BCUT2D eigenvalue weighted by Gasteiger charge is 2.20. The number of carbonyl (C=O) groups is 3. The molecule has 0 radical (unpaired) electrons. The smallest absolute Gasteiger partial charge is 0.315 e. The van der Waals surface area contributed by atoms with E-state index in [-0.39, 0.29) is 12.5 Å². The van der Waals surface area contributed by atoms with Crippen molar-refractivity contribution in [1.82, 2.24) is 15.5 Å². The van der Waals surface area contributed by atoms with E-state index in [2.05, 4.69) is 10.6 Å². The Bertz CT molecular complexity index is 331. The van der Waals surface area contributed by atoms with Gasteiger partial charge in [0.1, 0.15) is 6.04 Å². The summed E-state index contributed by atoms with van der Waals surface area (Å²) < 4.78 is 0. The van der Waals surface area contributed by atoms with Crippen molar-refractivity contribution in [3.8, 4) is 0 Å². The van der Waals surface area contributed by atoms with Gasteiger partial charge in [0.2, 0.25) is 5.91 Å². The summed E-state index contributed by atoms with van der Waals surface area (Å²) in [6, 6.07) is -1.19. The van der Waals surface area contributed by atoms with Crippen LogP contribution in [0, 0.1) is 5.92 Å². The van der Waals surface area contributed by atoms with Crippen LogP contribution in [0.5, 0.6) is 0 Å². The fourth-order valence-electron chi connectivity index (χ4n) is 1.57. The fraction of sp³-hybridized carbons (Fsp3) is 0.750. The van der Waals surface area contributed by atoms with E-state index in [1.54, 1.807) is 21.0 Å². The minimum Gasteiger partial charge on any atom is -0.481 e. The van der Waals surface area contributed by atoms with Crippen molar-refractivity contribution in [2.45, 2.75) is 32.7 Å². The van der Waals surface area contributed by atoms with Gasteiger partial charge in [-0.25, -0.2) is 4.79 Å². The van der Waals surface area contributed by atoms with Gasteiger partial charge in [-0.05, 0) is 13.3 Å². The zero-order chi connectivity index (χ0) is 15.0. The molecular weight excluding hydrogens is 250 g/mol. The number of carboxylic acid groups (broad SMARTS) is 1. The number of nitrogens with zero attached hydrogens (tertiary/aromatic N) is 1. The molecule has 0 saturated carbocycles. The third kappa shape index (κ3) is 6.64. The first-order chi connectivity index (χ1) is 8.79. The van der Waals surface area contributed by atoms with Crippen molar-refractivity contribution in [3.05, 3.63) is 0 Å². The number of hydrogen-bond donors (Lipinski definition) is 3. The van der Waals surface area contributed by atoms with Crippen LogP contribution >= 0.6 is 0 Å². The molecule has 3 N–H and O–H groups in total. The first-order valence-electron chi connectivity index (χ1n) is 6.27. The van der Waals surface area contributed by atoms with E-state index < -0.39 is 24.0 Å². The number of nitrogens with one attached hydrogen (secondary N) is 2. The van der Waals surface area contributed by atoms with E-state index in [4.69, 9.17) is 5.11 Å². The Labute approximate surface area is 113 Å². The first kappa shape index (κ1) is 17.2. The Kier molecular flexibility index (Phi) is 7.55. The highest BCUT2D eigenvalue weighted by molar-refractivity contribution is 5.86. The number of likely N-dealkylation sites (N-methyl/N-ethyl adjacent to an activating group) is 1. The van der Waals surface area contributed by atoms with Crippen molar-refractivity contribution >= 4 is 17.9 Å². The lowest BCUT2D eigenvalue weighted by Gasteiger charge is -2.19. The first-order valence-corrected chi connectivity index (χ1v) is 6.27. The molecule has 0 bridgehead atoms. The minimum absolute atomic E-state index is 0.0535. The van der Waals surface area contributed by atoms with E-state index >= 15 is 0 Å². The lowest BCUT2D eigenvalue weighted by Crippen LogP contribution is -2.49. The number of hydrogen-bond acceptors (Lipinski definition) is 3. The van der Waals surface area contributed by atoms with Gasteiger partial charge in [-0.3, -0.25) is 9.59 Å². The molecule has 0 aromatic rings. The third-order valence-corrected chi connectivity index (χ3v) is 2.65. The number of urea groups is 1. The number of carbonyl (C=O) groups excluding carboxylic acids is 2. The molecule has 0 fully saturated rings. The van der Waals surface area contributed by atoms with Crippen molar-refractivity contribution in [2.75, 3.05) is 20.6 Å². The predicted molar refractivity (Wildman–Crippen MR) is 70.7 cm³/mol. The second-order valence-corrected chi connectivity index (χ2v) is 4.63. The van der Waals surface area contributed by atoms with Crippen LogP contribution in [0.3, 0.4) is 0 Å². The van der Waals surface area contributed by atoms with Crippen LogP contribution in [0.2, 0.25) is 0 Å². The summed E-state index contributed by atoms with van der Waals surface area (Å²) in [5, 5.41) is 13.9. The number of amides is 3. The molecule has 0 rings (SSSR count). The van der Waals surface area contributed by atoms with Gasteiger partial charge in [0.15, 0.2) is 0 Å². The predicted octanol–water partition coefficient (Wildman–Crippen LogP) is 0.263. The standard InChI is InChI=1S/C12H23N3O4/c1-5-6-9(11(17)18)7-13-12(19)14-8(2)10(16)15(3)4/h8-9H,5-7H2,1-4H3,(H,17,18)(H2,13,14,19). The van der Waals surface area contributed by atoms with Gasteiger partial charge in [0, 0.05) is 20.6 Å². The molecular formula is C12H23N3O4. The highest BCUT2D eigenvalue weighted by Crippen LogP contribution is 2.04. The average Bonchev–Trinajstić information content (AvgIpc) is 2.32. The summed E-state index contributed by atoms with van der Waals surface area (Å²) in [5.74, 6) is -1.76. The molecule has 0 saturated heterocycles. The van der Waals surface area contributed by atoms with Crippen molar-refractivity contribution in [2.24, 2.45) is 5.92 Å². The quantitative estimate of drug-likeness (QED) is 0.619. The van der Waals surface area contributed by atoms with Crippen LogP contribution in [-0.4, -0.2) is 54.6 Å². The topological polar surface area (TPSA) is 98.7 Å². The molecule has 7 heteroatoms. The second-order valence-electron chi connectivity index (χ2n) is 4.63. The maximum absolute atomic E-state index is 11.5. The minimum atomic E-state index is -0.931. The van der Waals surface area contributed by atoms with Gasteiger partial charge < -0.3 is 20.6 Å². The second kappa shape index (κ2) is 8.34. The Morgan fingerprint density at radius 2 is 1.84 bits per heavy atom. The van der Waals surface area contributed by atoms with Crippen LogP contribution in [0.1, 0.15) is 26.7 Å². The van der Waals surface area contributed by atoms with Gasteiger partial charge in [-0.15, -0.1) is 0 Å². The van der Waals surface area contributed by atoms with Crippen molar-refractivity contribution in [3.63, 3.8) is 0 Å². The normalized spacial score (nSPS) is 13.3. The number of rotatable bonds is 7. The van der Waals surface area contributed by atoms with Crippen molar-refractivity contribution < 1.29 is 19.5 Å². The molecule has 2 atom stereocenters. The van der Waals surface area contributed by atoms with Gasteiger partial charge in [0.25, 0.3) is 0 Å². The van der Waals surface area contributed by atoms with Crippen LogP contribution in [0.15, 0.2) is 0 Å². The Morgan fingerprint density at radius 1 is 1.26 bits per heavy atom. The monoisotopic (exact) mass is 273 g/mol. The Morgan fingerprint density at radius 3 is 2.26 bits per heavy atom. The molecule has 7 nitrogen and oxygen atoms in total. The summed E-state index contributed by atoms with van der Waals surface area (Å²) >= 11 is 0. The Hall–Kier alpha value is -1.79. The molecule has 0 spiro atoms. The molecule has 0 heterocycles. The molecule has 2 unspecified atom stereocenters. The van der Waals surface area contributed by atoms with Crippen molar-refractivity contribution in [1.29, 1.82) is 0 Å². The van der Waals surface area contributed by atoms with E-state index in [0.717, 1.165) is 6.42 Å². The lowest BCUT2D eigenvalue weighted by atomic mass is 10.0. The fourth-order valence-corrected chi connectivity index (χ4v) is 1.57. The molecule has 0 aromatic carbocycles. The molecule has 19 heavy (non-hydrogen) atoms. The summed E-state index contributed by atoms with van der Waals surface area (Å²) in [5.41, 5.74) is 0. The molecule has 0 aliphatic heterocycles. The van der Waals surface area contributed by atoms with Crippen LogP contribution in [0.4, 0.5) is 4.79 Å². The zero-order valence-electron chi connectivity index (χ0n) is 11.9. The zero-order valence-corrected chi connectivity index (χ0v) is 11.9. The van der Waals surface area contributed by atoms with Crippen LogP contribution in [-0.2, 0) is 9.59 Å². The maximum Gasteiger partial charge on any atom is 0.315 e. The van der Waals surface area contributed by atoms with Gasteiger partial charge in [-0.1, -0.05) is 13.3 Å².